The number of ketones is 1. The van der Waals surface area contributed by atoms with Crippen LogP contribution in [0.25, 0.3) is 0 Å². The molecule has 5 unspecified atom stereocenters. The Morgan fingerprint density at radius 3 is 2.81 bits per heavy atom. The van der Waals surface area contributed by atoms with Crippen molar-refractivity contribution in [2.75, 3.05) is 6.61 Å². The minimum Gasteiger partial charge on any atom is -0.465 e. The second kappa shape index (κ2) is 5.26. The number of esters is 1. The highest BCUT2D eigenvalue weighted by Gasteiger charge is 2.41. The molecule has 0 spiro atoms. The van der Waals surface area contributed by atoms with Gasteiger partial charge < -0.3 is 4.74 Å². The van der Waals surface area contributed by atoms with Crippen LogP contribution in [0.1, 0.15) is 51.4 Å². The summed E-state index contributed by atoms with van der Waals surface area (Å²) in [7, 11) is 0. The third kappa shape index (κ3) is 2.56. The van der Waals surface area contributed by atoms with E-state index in [1.807, 2.05) is 0 Å². The molecule has 4 aliphatic rings. The highest BCUT2D eigenvalue weighted by atomic mass is 16.5. The average molecular weight is 288 g/mol. The number of rotatable bonds is 0. The van der Waals surface area contributed by atoms with Crippen molar-refractivity contribution in [1.29, 1.82) is 0 Å². The molecule has 3 aliphatic carbocycles. The third-order valence-corrected chi connectivity index (χ3v) is 6.29. The maximum absolute atomic E-state index is 11.7. The highest BCUT2D eigenvalue weighted by molar-refractivity contribution is 5.85. The van der Waals surface area contributed by atoms with Crippen molar-refractivity contribution < 1.29 is 14.3 Å². The summed E-state index contributed by atoms with van der Waals surface area (Å²) >= 11 is 0. The Hall–Kier alpha value is -1.12. The van der Waals surface area contributed by atoms with Gasteiger partial charge in [0.2, 0.25) is 0 Å². The van der Waals surface area contributed by atoms with Crippen LogP contribution in [0.3, 0.4) is 0 Å². The average Bonchev–Trinajstić information content (AvgIpc) is 2.78. The van der Waals surface area contributed by atoms with Gasteiger partial charge in [-0.05, 0) is 55.3 Å². The number of cyclic esters (lactones) is 1. The van der Waals surface area contributed by atoms with Crippen LogP contribution in [-0.2, 0) is 14.3 Å². The van der Waals surface area contributed by atoms with Gasteiger partial charge in [-0.1, -0.05) is 18.1 Å². The van der Waals surface area contributed by atoms with Gasteiger partial charge >= 0.3 is 5.97 Å². The number of fused-ring (bicyclic) bond motifs is 3. The molecule has 1 aliphatic heterocycles. The normalized spacial score (nSPS) is 42.9. The van der Waals surface area contributed by atoms with E-state index in [0.717, 1.165) is 6.42 Å². The molecule has 4 rings (SSSR count). The molecular weight excluding hydrogens is 264 g/mol. The SMILES string of the molecule is O=C1CC2=CC3CCCC4COC(=O)CC4CC3CC2C1. The Kier molecular flexibility index (Phi) is 3.39. The fraction of sp³-hybridized carbons (Fsp3) is 0.778. The number of hydrogen-bond donors (Lipinski definition) is 0. The Labute approximate surface area is 126 Å². The van der Waals surface area contributed by atoms with Gasteiger partial charge in [0.15, 0.2) is 0 Å². The molecular formula is C18H24O3. The molecule has 1 saturated heterocycles. The van der Waals surface area contributed by atoms with Gasteiger partial charge in [-0.2, -0.15) is 0 Å². The molecule has 3 nitrogen and oxygen atoms in total. The zero-order valence-electron chi connectivity index (χ0n) is 12.6. The van der Waals surface area contributed by atoms with Crippen molar-refractivity contribution in [3.63, 3.8) is 0 Å². The predicted octanol–water partition coefficient (Wildman–Crippen LogP) is 3.28. The molecule has 0 aromatic carbocycles. The summed E-state index contributed by atoms with van der Waals surface area (Å²) in [6.07, 6.45) is 10.6. The molecule has 21 heavy (non-hydrogen) atoms. The molecule has 0 aromatic rings. The summed E-state index contributed by atoms with van der Waals surface area (Å²) in [6, 6.07) is 0. The Balaban J connectivity index is 1.54. The van der Waals surface area contributed by atoms with Crippen molar-refractivity contribution in [2.24, 2.45) is 29.6 Å². The van der Waals surface area contributed by atoms with Crippen LogP contribution in [0, 0.1) is 29.6 Å². The van der Waals surface area contributed by atoms with Crippen LogP contribution in [0.15, 0.2) is 11.6 Å². The van der Waals surface area contributed by atoms with Crippen LogP contribution < -0.4 is 0 Å². The fourth-order valence-corrected chi connectivity index (χ4v) is 5.20. The van der Waals surface area contributed by atoms with E-state index >= 15 is 0 Å². The Bertz CT molecular complexity index is 493. The van der Waals surface area contributed by atoms with Gasteiger partial charge in [0.25, 0.3) is 0 Å². The molecule has 0 amide bonds. The molecule has 3 fully saturated rings. The fourth-order valence-electron chi connectivity index (χ4n) is 5.20. The lowest BCUT2D eigenvalue weighted by Crippen LogP contribution is -2.36. The summed E-state index contributed by atoms with van der Waals surface area (Å²) in [5.41, 5.74) is 1.43. The van der Waals surface area contributed by atoms with Crippen LogP contribution in [0.5, 0.6) is 0 Å². The van der Waals surface area contributed by atoms with Crippen LogP contribution in [0.2, 0.25) is 0 Å². The smallest absolute Gasteiger partial charge is 0.306 e. The predicted molar refractivity (Wildman–Crippen MR) is 78.4 cm³/mol. The number of carbonyl (C=O) groups is 2. The van der Waals surface area contributed by atoms with Gasteiger partial charge in [0, 0.05) is 19.3 Å². The summed E-state index contributed by atoms with van der Waals surface area (Å²) in [5.74, 6) is 3.39. The summed E-state index contributed by atoms with van der Waals surface area (Å²) in [4.78, 5) is 23.3. The molecule has 0 N–H and O–H groups in total. The first-order valence-electron chi connectivity index (χ1n) is 8.57. The van der Waals surface area contributed by atoms with Gasteiger partial charge in [-0.25, -0.2) is 0 Å². The number of allylic oxidation sites excluding steroid dienone is 2. The Morgan fingerprint density at radius 2 is 1.90 bits per heavy atom. The first kappa shape index (κ1) is 13.5. The molecule has 2 saturated carbocycles. The van der Waals surface area contributed by atoms with Crippen LogP contribution in [0.4, 0.5) is 0 Å². The maximum atomic E-state index is 11.7. The van der Waals surface area contributed by atoms with Crippen molar-refractivity contribution >= 4 is 11.8 Å². The summed E-state index contributed by atoms with van der Waals surface area (Å²) in [5, 5.41) is 0. The molecule has 5 atom stereocenters. The number of ether oxygens (including phenoxy) is 1. The monoisotopic (exact) mass is 288 g/mol. The van der Waals surface area contributed by atoms with Crippen molar-refractivity contribution in [3.05, 3.63) is 11.6 Å². The second-order valence-electron chi connectivity index (χ2n) is 7.59. The number of carbonyl (C=O) groups excluding carboxylic acids is 2. The highest BCUT2D eigenvalue weighted by Crippen LogP contribution is 2.48. The minimum atomic E-state index is -0.00328. The van der Waals surface area contributed by atoms with E-state index in [1.54, 1.807) is 0 Å². The van der Waals surface area contributed by atoms with E-state index in [1.165, 1.54) is 37.7 Å². The second-order valence-corrected chi connectivity index (χ2v) is 7.59. The standard InChI is InChI=1S/C18H24O3/c19-17-7-14-4-11-2-1-3-12-10-21-18(20)9-16(12)6-13(11)5-15(14)8-17/h4,11-13,15-16H,1-3,5-10H2. The first-order chi connectivity index (χ1) is 10.2. The van der Waals surface area contributed by atoms with Crippen molar-refractivity contribution in [2.45, 2.75) is 51.4 Å². The third-order valence-electron chi connectivity index (χ3n) is 6.29. The molecule has 3 heteroatoms. The summed E-state index contributed by atoms with van der Waals surface area (Å²) < 4.78 is 5.27. The quantitative estimate of drug-likeness (QED) is 0.507. The number of Topliss-reactive ketones (excluding diaryl/α,β-unsaturated/α-hetero) is 1. The van der Waals surface area contributed by atoms with E-state index in [0.29, 0.717) is 54.8 Å². The zero-order chi connectivity index (χ0) is 14.4. The molecule has 0 bridgehead atoms. The van der Waals surface area contributed by atoms with Crippen molar-refractivity contribution in [3.8, 4) is 0 Å². The molecule has 1 heterocycles. The lowest BCUT2D eigenvalue weighted by atomic mass is 9.66. The van der Waals surface area contributed by atoms with E-state index in [9.17, 15) is 9.59 Å². The van der Waals surface area contributed by atoms with E-state index in [2.05, 4.69) is 6.08 Å². The maximum Gasteiger partial charge on any atom is 0.306 e. The van der Waals surface area contributed by atoms with E-state index in [4.69, 9.17) is 4.74 Å². The number of hydrogen-bond acceptors (Lipinski definition) is 3. The van der Waals surface area contributed by atoms with E-state index < -0.39 is 0 Å². The van der Waals surface area contributed by atoms with Gasteiger partial charge in [-0.15, -0.1) is 0 Å². The topological polar surface area (TPSA) is 43.4 Å². The van der Waals surface area contributed by atoms with Crippen LogP contribution in [-0.4, -0.2) is 18.4 Å². The van der Waals surface area contributed by atoms with Gasteiger partial charge in [0.05, 0.1) is 6.61 Å². The van der Waals surface area contributed by atoms with Gasteiger partial charge in [0.1, 0.15) is 5.78 Å². The molecule has 114 valence electrons. The minimum absolute atomic E-state index is 0.00328. The first-order valence-corrected chi connectivity index (χ1v) is 8.57. The van der Waals surface area contributed by atoms with Gasteiger partial charge in [-0.3, -0.25) is 9.59 Å². The molecule has 0 radical (unpaired) electrons. The van der Waals surface area contributed by atoms with E-state index in [-0.39, 0.29) is 5.97 Å². The lowest BCUT2D eigenvalue weighted by molar-refractivity contribution is -0.154. The molecule has 0 aromatic heterocycles. The largest absolute Gasteiger partial charge is 0.465 e. The lowest BCUT2D eigenvalue weighted by Gasteiger charge is -2.41. The Morgan fingerprint density at radius 1 is 1.00 bits per heavy atom. The zero-order valence-corrected chi connectivity index (χ0v) is 12.6. The van der Waals surface area contributed by atoms with Crippen LogP contribution >= 0.6 is 0 Å². The van der Waals surface area contributed by atoms with Crippen molar-refractivity contribution in [1.82, 2.24) is 0 Å². The summed E-state index contributed by atoms with van der Waals surface area (Å²) in [6.45, 7) is 0.643.